The normalized spacial score (nSPS) is 21.1. The summed E-state index contributed by atoms with van der Waals surface area (Å²) < 4.78 is 34.0. The highest BCUT2D eigenvalue weighted by molar-refractivity contribution is 7.92. The Morgan fingerprint density at radius 1 is 1.05 bits per heavy atom. The summed E-state index contributed by atoms with van der Waals surface area (Å²) in [5.74, 6) is 1.01. The van der Waals surface area contributed by atoms with Gasteiger partial charge >= 0.3 is 0 Å². The third kappa shape index (κ3) is 4.69. The van der Waals surface area contributed by atoms with Gasteiger partial charge in [-0.25, -0.2) is 18.6 Å². The maximum Gasteiger partial charge on any atom is 0.229 e. The van der Waals surface area contributed by atoms with E-state index in [1.165, 1.54) is 30.2 Å². The van der Waals surface area contributed by atoms with Crippen LogP contribution >= 0.6 is 0 Å². The maximum absolute atomic E-state index is 15.7. The fourth-order valence-electron chi connectivity index (χ4n) is 6.02. The molecule has 4 aromatic rings. The molecule has 7 rings (SSSR count). The van der Waals surface area contributed by atoms with Crippen LogP contribution in [0.5, 0.6) is 0 Å². The van der Waals surface area contributed by atoms with E-state index in [2.05, 4.69) is 49.8 Å². The molecular formula is C30H32FN7OS. The molecule has 40 heavy (non-hydrogen) atoms. The van der Waals surface area contributed by atoms with E-state index in [1.807, 2.05) is 12.1 Å². The molecule has 5 heterocycles. The number of benzene rings is 1. The molecule has 0 spiro atoms. The predicted molar refractivity (Wildman–Crippen MR) is 158 cm³/mol. The summed E-state index contributed by atoms with van der Waals surface area (Å²) in [5.41, 5.74) is 4.53. The summed E-state index contributed by atoms with van der Waals surface area (Å²) in [7, 11) is -0.168. The smallest absolute Gasteiger partial charge is 0.229 e. The molecule has 3 aromatic heterocycles. The third-order valence-electron chi connectivity index (χ3n) is 8.16. The molecule has 0 amide bonds. The van der Waals surface area contributed by atoms with Crippen molar-refractivity contribution in [2.45, 2.75) is 50.1 Å². The number of hydrogen-bond acceptors (Lipinski definition) is 7. The van der Waals surface area contributed by atoms with Crippen LogP contribution in [0.1, 0.15) is 49.3 Å². The minimum Gasteiger partial charge on any atom is -0.324 e. The van der Waals surface area contributed by atoms with Crippen LogP contribution in [-0.4, -0.2) is 60.3 Å². The number of halogens is 1. The van der Waals surface area contributed by atoms with E-state index in [9.17, 15) is 4.21 Å². The first kappa shape index (κ1) is 25.3. The van der Waals surface area contributed by atoms with Crippen molar-refractivity contribution in [1.82, 2.24) is 24.4 Å². The second kappa shape index (κ2) is 9.49. The Labute approximate surface area is 233 Å². The molecule has 2 aliphatic heterocycles. The zero-order chi connectivity index (χ0) is 27.6. The van der Waals surface area contributed by atoms with E-state index < -0.39 is 9.73 Å². The summed E-state index contributed by atoms with van der Waals surface area (Å²) in [5, 5.41) is 3.65. The molecule has 1 saturated carbocycles. The minimum absolute atomic E-state index is 0.103. The number of likely N-dealkylation sites (N-methyl/N-ethyl adjacent to an activating group) is 1. The lowest BCUT2D eigenvalue weighted by molar-refractivity contribution is 0.264. The van der Waals surface area contributed by atoms with Crippen LogP contribution in [0.15, 0.2) is 59.1 Å². The molecule has 1 aromatic carbocycles. The number of hydrogen-bond donors (Lipinski definition) is 1. The van der Waals surface area contributed by atoms with Crippen LogP contribution < -0.4 is 5.32 Å². The van der Waals surface area contributed by atoms with Crippen LogP contribution in [0.2, 0.25) is 0 Å². The van der Waals surface area contributed by atoms with Crippen molar-refractivity contribution in [1.29, 1.82) is 0 Å². The number of nitrogens with zero attached hydrogens (tertiary/aromatic N) is 6. The molecule has 1 aliphatic carbocycles. The Morgan fingerprint density at radius 2 is 1.85 bits per heavy atom. The van der Waals surface area contributed by atoms with Gasteiger partial charge in [0.1, 0.15) is 5.82 Å². The Balaban J connectivity index is 1.23. The zero-order valence-corrected chi connectivity index (χ0v) is 23.7. The summed E-state index contributed by atoms with van der Waals surface area (Å²) in [6.45, 7) is 0. The fraction of sp³-hybridized carbons (Fsp3) is 0.367. The lowest BCUT2D eigenvalue weighted by Gasteiger charge is -2.30. The van der Waals surface area contributed by atoms with Gasteiger partial charge in [-0.1, -0.05) is 24.3 Å². The Hall–Kier alpha value is -3.63. The van der Waals surface area contributed by atoms with Crippen molar-refractivity contribution >= 4 is 43.8 Å². The van der Waals surface area contributed by atoms with Crippen LogP contribution in [0, 0.1) is 5.82 Å². The number of pyridine rings is 1. The molecular weight excluding hydrogens is 525 g/mol. The number of aromatic nitrogens is 4. The van der Waals surface area contributed by atoms with Gasteiger partial charge in [0.15, 0.2) is 17.3 Å². The average molecular weight is 558 g/mol. The van der Waals surface area contributed by atoms with Crippen LogP contribution in [0.25, 0.3) is 22.4 Å². The second-order valence-electron chi connectivity index (χ2n) is 11.4. The molecule has 1 saturated heterocycles. The Kier molecular flexibility index (Phi) is 6.01. The van der Waals surface area contributed by atoms with Crippen molar-refractivity contribution in [2.75, 3.05) is 24.9 Å². The Morgan fingerprint density at radius 3 is 2.58 bits per heavy atom. The first-order valence-corrected chi connectivity index (χ1v) is 16.1. The molecule has 10 heteroatoms. The van der Waals surface area contributed by atoms with Gasteiger partial charge in [-0.3, -0.25) is 9.47 Å². The quantitative estimate of drug-likeness (QED) is 0.304. The van der Waals surface area contributed by atoms with Crippen molar-refractivity contribution < 1.29 is 8.60 Å². The van der Waals surface area contributed by atoms with E-state index in [-0.39, 0.29) is 11.7 Å². The van der Waals surface area contributed by atoms with E-state index in [0.717, 1.165) is 24.9 Å². The lowest BCUT2D eigenvalue weighted by atomic mass is 9.95. The van der Waals surface area contributed by atoms with Gasteiger partial charge in [0.05, 0.1) is 11.1 Å². The first-order chi connectivity index (χ1) is 19.2. The van der Waals surface area contributed by atoms with E-state index in [1.54, 1.807) is 35.3 Å². The van der Waals surface area contributed by atoms with Gasteiger partial charge in [0.2, 0.25) is 5.95 Å². The van der Waals surface area contributed by atoms with Gasteiger partial charge in [-0.05, 0) is 74.6 Å². The largest absolute Gasteiger partial charge is 0.324 e. The minimum atomic E-state index is -2.40. The molecule has 0 radical (unpaired) electrons. The van der Waals surface area contributed by atoms with Gasteiger partial charge in [0.25, 0.3) is 0 Å². The van der Waals surface area contributed by atoms with Crippen molar-refractivity contribution in [2.24, 2.45) is 4.36 Å². The van der Waals surface area contributed by atoms with Crippen LogP contribution in [-0.2, 0) is 9.73 Å². The molecule has 2 bridgehead atoms. The van der Waals surface area contributed by atoms with E-state index >= 15 is 4.39 Å². The average Bonchev–Trinajstić information content (AvgIpc) is 3.69. The fourth-order valence-corrected chi connectivity index (χ4v) is 6.58. The molecule has 2 fully saturated rings. The topological polar surface area (TPSA) is 88.3 Å². The highest BCUT2D eigenvalue weighted by Gasteiger charge is 2.35. The van der Waals surface area contributed by atoms with Crippen LogP contribution in [0.4, 0.5) is 21.8 Å². The molecule has 8 nitrogen and oxygen atoms in total. The molecule has 206 valence electrons. The highest BCUT2D eigenvalue weighted by atomic mass is 32.2. The molecule has 2 unspecified atom stereocenters. The lowest BCUT2D eigenvalue weighted by Crippen LogP contribution is -2.34. The second-order valence-corrected chi connectivity index (χ2v) is 14.0. The zero-order valence-electron chi connectivity index (χ0n) is 22.8. The van der Waals surface area contributed by atoms with Crippen molar-refractivity contribution in [3.8, 4) is 5.82 Å². The van der Waals surface area contributed by atoms with E-state index in [0.29, 0.717) is 46.4 Å². The number of nitrogens with one attached hydrogen (secondary N) is 1. The standard InChI is InChI=1S/C30H32FN7OS/c1-37-22-13-14-23(37)16-20(15-22)18-9-11-21(12-10-18)33-30-32-17-24-27(31)28(19-7-8-19)38(29(24)35-30)26-6-4-5-25(34-26)36-40(2,3)39/h4-6,9-12,15,17,19,22-23H,7-8,13-14,16H2,1-3H3,(H,32,33,35). The van der Waals surface area contributed by atoms with Crippen LogP contribution in [0.3, 0.4) is 0 Å². The van der Waals surface area contributed by atoms with Crippen molar-refractivity contribution in [3.05, 3.63) is 71.8 Å². The van der Waals surface area contributed by atoms with Crippen molar-refractivity contribution in [3.63, 3.8) is 0 Å². The summed E-state index contributed by atoms with van der Waals surface area (Å²) >= 11 is 0. The predicted octanol–water partition coefficient (Wildman–Crippen LogP) is 6.18. The summed E-state index contributed by atoms with van der Waals surface area (Å²) in [4.78, 5) is 16.3. The van der Waals surface area contributed by atoms with Gasteiger partial charge in [-0.2, -0.15) is 9.35 Å². The Bertz CT molecular complexity index is 1780. The number of anilines is 2. The third-order valence-corrected chi connectivity index (χ3v) is 8.79. The SMILES string of the molecule is CN1C2C=C(c3ccc(Nc4ncc5c(F)c(C6CC6)n(-c6cccc(N=S(C)(C)=O)n6)c5n4)cc3)CC1CC2. The summed E-state index contributed by atoms with van der Waals surface area (Å²) in [6.07, 6.45) is 12.5. The molecule has 2 atom stereocenters. The number of fused-ring (bicyclic) bond motifs is 3. The molecule has 3 aliphatic rings. The maximum atomic E-state index is 15.7. The monoisotopic (exact) mass is 557 g/mol. The molecule has 1 N–H and O–H groups in total. The first-order valence-electron chi connectivity index (χ1n) is 13.7. The van der Waals surface area contributed by atoms with Gasteiger partial charge in [-0.15, -0.1) is 0 Å². The van der Waals surface area contributed by atoms with Gasteiger partial charge < -0.3 is 5.32 Å². The number of rotatable bonds is 6. The summed E-state index contributed by atoms with van der Waals surface area (Å²) in [6, 6.07) is 14.8. The highest BCUT2D eigenvalue weighted by Crippen LogP contribution is 2.45. The van der Waals surface area contributed by atoms with Gasteiger partial charge in [0, 0.05) is 52.1 Å². The van der Waals surface area contributed by atoms with E-state index in [4.69, 9.17) is 4.98 Å².